The number of hydrogen-bond acceptors (Lipinski definition) is 4. The first kappa shape index (κ1) is 29.2. The maximum Gasteiger partial charge on any atom is 0.264 e. The Hall–Kier alpha value is -3.36. The van der Waals surface area contributed by atoms with Crippen molar-refractivity contribution in [1.29, 1.82) is 0 Å². The molecule has 3 aromatic rings. The van der Waals surface area contributed by atoms with Gasteiger partial charge in [-0.1, -0.05) is 66.6 Å². The zero-order valence-corrected chi connectivity index (χ0v) is 23.7. The van der Waals surface area contributed by atoms with E-state index in [4.69, 9.17) is 11.6 Å². The first-order valence-corrected chi connectivity index (χ1v) is 14.3. The van der Waals surface area contributed by atoms with Crippen LogP contribution in [0.25, 0.3) is 0 Å². The van der Waals surface area contributed by atoms with Crippen LogP contribution in [0.1, 0.15) is 38.3 Å². The number of carbonyl (C=O) groups is 2. The van der Waals surface area contributed by atoms with Crippen molar-refractivity contribution in [2.45, 2.75) is 57.6 Å². The van der Waals surface area contributed by atoms with Crippen molar-refractivity contribution < 1.29 is 18.0 Å². The summed E-state index contributed by atoms with van der Waals surface area (Å²) in [4.78, 5) is 28.4. The molecule has 0 radical (unpaired) electrons. The van der Waals surface area contributed by atoms with E-state index < -0.39 is 28.5 Å². The molecule has 0 spiro atoms. The number of halogens is 1. The van der Waals surface area contributed by atoms with Crippen LogP contribution >= 0.6 is 11.6 Å². The highest BCUT2D eigenvalue weighted by atomic mass is 35.5. The number of para-hydroxylation sites is 1. The lowest BCUT2D eigenvalue weighted by molar-refractivity contribution is -0.139. The first-order chi connectivity index (χ1) is 18.0. The second-order valence-corrected chi connectivity index (χ2v) is 11.6. The summed E-state index contributed by atoms with van der Waals surface area (Å²) < 4.78 is 28.6. The van der Waals surface area contributed by atoms with E-state index in [9.17, 15) is 18.0 Å². The van der Waals surface area contributed by atoms with Gasteiger partial charge in [0.15, 0.2) is 0 Å². The van der Waals surface area contributed by atoms with E-state index in [1.165, 1.54) is 17.0 Å². The molecule has 3 aromatic carbocycles. The Morgan fingerprint density at radius 3 is 2.21 bits per heavy atom. The monoisotopic (exact) mass is 555 g/mol. The molecule has 0 aliphatic carbocycles. The van der Waals surface area contributed by atoms with Gasteiger partial charge in [-0.15, -0.1) is 0 Å². The lowest BCUT2D eigenvalue weighted by Crippen LogP contribution is -2.52. The summed E-state index contributed by atoms with van der Waals surface area (Å²) in [6.07, 6.45) is 0.733. The topological polar surface area (TPSA) is 86.8 Å². The number of rotatable bonds is 11. The number of nitrogens with one attached hydrogen (secondary N) is 1. The maximum absolute atomic E-state index is 13.9. The molecule has 9 heteroatoms. The highest BCUT2D eigenvalue weighted by molar-refractivity contribution is 7.92. The summed E-state index contributed by atoms with van der Waals surface area (Å²) in [5.41, 5.74) is 1.99. The van der Waals surface area contributed by atoms with E-state index in [1.54, 1.807) is 67.6 Å². The van der Waals surface area contributed by atoms with Crippen molar-refractivity contribution in [3.63, 3.8) is 0 Å². The average Bonchev–Trinajstić information content (AvgIpc) is 2.90. The summed E-state index contributed by atoms with van der Waals surface area (Å²) in [7, 11) is -4.08. The fraction of sp³-hybridized carbons (Fsp3) is 0.310. The van der Waals surface area contributed by atoms with Gasteiger partial charge in [0.05, 0.1) is 10.6 Å². The Labute approximate surface area is 230 Å². The van der Waals surface area contributed by atoms with Crippen LogP contribution in [0.15, 0.2) is 83.8 Å². The van der Waals surface area contributed by atoms with Gasteiger partial charge in [0.1, 0.15) is 12.6 Å². The molecule has 0 aromatic heterocycles. The molecule has 2 unspecified atom stereocenters. The molecule has 0 fully saturated rings. The molecule has 0 saturated heterocycles. The van der Waals surface area contributed by atoms with E-state index in [1.807, 2.05) is 26.8 Å². The predicted molar refractivity (Wildman–Crippen MR) is 152 cm³/mol. The minimum absolute atomic E-state index is 0.0729. The molecular formula is C29H34ClN3O4S. The fourth-order valence-corrected chi connectivity index (χ4v) is 5.47. The van der Waals surface area contributed by atoms with Gasteiger partial charge in [-0.2, -0.15) is 0 Å². The highest BCUT2D eigenvalue weighted by Gasteiger charge is 2.32. The molecular weight excluding hydrogens is 522 g/mol. The second kappa shape index (κ2) is 12.9. The Morgan fingerprint density at radius 1 is 0.947 bits per heavy atom. The van der Waals surface area contributed by atoms with E-state index in [-0.39, 0.29) is 23.4 Å². The van der Waals surface area contributed by atoms with Gasteiger partial charge in [-0.05, 0) is 69.2 Å². The molecule has 0 bridgehead atoms. The van der Waals surface area contributed by atoms with Crippen LogP contribution < -0.4 is 9.62 Å². The zero-order valence-electron chi connectivity index (χ0n) is 22.1. The number of benzene rings is 3. The third kappa shape index (κ3) is 7.36. The van der Waals surface area contributed by atoms with E-state index in [0.717, 1.165) is 21.9 Å². The van der Waals surface area contributed by atoms with Crippen molar-refractivity contribution >= 4 is 39.1 Å². The van der Waals surface area contributed by atoms with Gasteiger partial charge in [0.25, 0.3) is 10.0 Å². The lowest BCUT2D eigenvalue weighted by atomic mass is 10.1. The molecule has 1 N–H and O–H groups in total. The lowest BCUT2D eigenvalue weighted by Gasteiger charge is -2.32. The molecule has 0 heterocycles. The SMILES string of the molecule is CCC(C)NC(=O)C(C)N(Cc1cccc(Cl)c1)C(=O)CN(c1ccccc1)S(=O)(=O)c1ccc(C)cc1. The summed E-state index contributed by atoms with van der Waals surface area (Å²) in [6.45, 7) is 6.95. The predicted octanol–water partition coefficient (Wildman–Crippen LogP) is 5.18. The van der Waals surface area contributed by atoms with Crippen LogP contribution in [0.3, 0.4) is 0 Å². The maximum atomic E-state index is 13.9. The normalized spacial score (nSPS) is 12.9. The number of carbonyl (C=O) groups excluding carboxylic acids is 2. The molecule has 0 aliphatic rings. The molecule has 2 amide bonds. The summed E-state index contributed by atoms with van der Waals surface area (Å²) in [6, 6.07) is 21.0. The number of amides is 2. The number of sulfonamides is 1. The van der Waals surface area contributed by atoms with E-state index in [2.05, 4.69) is 5.32 Å². The minimum Gasteiger partial charge on any atom is -0.352 e. The van der Waals surface area contributed by atoms with Crippen molar-refractivity contribution in [2.24, 2.45) is 0 Å². The summed E-state index contributed by atoms with van der Waals surface area (Å²) >= 11 is 6.17. The smallest absolute Gasteiger partial charge is 0.264 e. The highest BCUT2D eigenvalue weighted by Crippen LogP contribution is 2.25. The Bertz CT molecular complexity index is 1350. The molecule has 7 nitrogen and oxygen atoms in total. The number of anilines is 1. The Kier molecular flexibility index (Phi) is 9.94. The number of nitrogens with zero attached hydrogens (tertiary/aromatic N) is 2. The molecule has 0 saturated carbocycles. The molecule has 38 heavy (non-hydrogen) atoms. The zero-order chi connectivity index (χ0) is 27.9. The third-order valence-corrected chi connectivity index (χ3v) is 8.37. The Morgan fingerprint density at radius 2 is 1.61 bits per heavy atom. The van der Waals surface area contributed by atoms with Gasteiger partial charge in [0.2, 0.25) is 11.8 Å². The van der Waals surface area contributed by atoms with Gasteiger partial charge < -0.3 is 10.2 Å². The van der Waals surface area contributed by atoms with Gasteiger partial charge in [-0.3, -0.25) is 13.9 Å². The summed E-state index contributed by atoms with van der Waals surface area (Å²) in [5.74, 6) is -0.835. The van der Waals surface area contributed by atoms with E-state index >= 15 is 0 Å². The minimum atomic E-state index is -4.08. The van der Waals surface area contributed by atoms with Crippen LogP contribution in [0.5, 0.6) is 0 Å². The Balaban J connectivity index is 2.00. The standard InChI is InChI=1S/C29H34ClN3O4S/c1-5-22(3)31-29(35)23(4)32(19-24-10-9-11-25(30)18-24)28(34)20-33(26-12-7-6-8-13-26)38(36,37)27-16-14-21(2)15-17-27/h6-18,22-23H,5,19-20H2,1-4H3,(H,31,35). The van der Waals surface area contributed by atoms with Gasteiger partial charge >= 0.3 is 0 Å². The van der Waals surface area contributed by atoms with Crippen LogP contribution in [0, 0.1) is 6.92 Å². The largest absolute Gasteiger partial charge is 0.352 e. The van der Waals surface area contributed by atoms with Crippen LogP contribution in [-0.4, -0.2) is 43.8 Å². The van der Waals surface area contributed by atoms with Crippen molar-refractivity contribution in [1.82, 2.24) is 10.2 Å². The van der Waals surface area contributed by atoms with Crippen molar-refractivity contribution in [2.75, 3.05) is 10.8 Å². The second-order valence-electron chi connectivity index (χ2n) is 9.31. The van der Waals surface area contributed by atoms with Gasteiger partial charge in [0, 0.05) is 17.6 Å². The van der Waals surface area contributed by atoms with E-state index in [0.29, 0.717) is 10.7 Å². The number of aryl methyl sites for hydroxylation is 1. The number of hydrogen-bond donors (Lipinski definition) is 1. The molecule has 202 valence electrons. The van der Waals surface area contributed by atoms with Crippen LogP contribution in [0.2, 0.25) is 5.02 Å². The molecule has 0 aliphatic heterocycles. The van der Waals surface area contributed by atoms with Crippen LogP contribution in [-0.2, 0) is 26.2 Å². The third-order valence-electron chi connectivity index (χ3n) is 6.34. The molecule has 3 rings (SSSR count). The van der Waals surface area contributed by atoms with Gasteiger partial charge in [-0.25, -0.2) is 8.42 Å². The summed E-state index contributed by atoms with van der Waals surface area (Å²) in [5, 5.41) is 3.42. The van der Waals surface area contributed by atoms with Crippen molar-refractivity contribution in [3.8, 4) is 0 Å². The molecule has 2 atom stereocenters. The first-order valence-electron chi connectivity index (χ1n) is 12.5. The van der Waals surface area contributed by atoms with Crippen LogP contribution in [0.4, 0.5) is 5.69 Å². The average molecular weight is 556 g/mol. The fourth-order valence-electron chi connectivity index (χ4n) is 3.84. The quantitative estimate of drug-likeness (QED) is 0.353. The van der Waals surface area contributed by atoms with Crippen molar-refractivity contribution in [3.05, 3.63) is 95.0 Å².